The van der Waals surface area contributed by atoms with Gasteiger partial charge in [0.05, 0.1) is 6.10 Å². The van der Waals surface area contributed by atoms with Crippen LogP contribution in [0.25, 0.3) is 0 Å². The summed E-state index contributed by atoms with van der Waals surface area (Å²) >= 11 is 0. The van der Waals surface area contributed by atoms with Crippen LogP contribution in [-0.2, 0) is 0 Å². The second-order valence-electron chi connectivity index (χ2n) is 5.31. The molecule has 0 atom stereocenters. The number of aliphatic hydroxyl groups excluding tert-OH is 1. The van der Waals surface area contributed by atoms with Crippen LogP contribution in [0.3, 0.4) is 0 Å². The molecule has 0 spiro atoms. The minimum Gasteiger partial charge on any atom is -0.393 e. The summed E-state index contributed by atoms with van der Waals surface area (Å²) < 4.78 is 0. The fraction of sp³-hybridized carbons (Fsp3) is 0.923. The van der Waals surface area contributed by atoms with Gasteiger partial charge in [-0.05, 0) is 51.4 Å². The standard InChI is InChI=1S/C13H25N3O.HI/c1-2-14-13(15-9-10-3-4-10)16-11-5-7-12(17)8-6-11;/h10-12,17H,2-9H2,1H3,(H2,14,15,16);1H. The van der Waals surface area contributed by atoms with Crippen LogP contribution in [0, 0.1) is 5.92 Å². The third-order valence-electron chi connectivity index (χ3n) is 3.59. The summed E-state index contributed by atoms with van der Waals surface area (Å²) in [6, 6.07) is 0.482. The quantitative estimate of drug-likeness (QED) is 0.404. The van der Waals surface area contributed by atoms with E-state index >= 15 is 0 Å². The van der Waals surface area contributed by atoms with Crippen LogP contribution in [0.2, 0.25) is 0 Å². The van der Waals surface area contributed by atoms with Gasteiger partial charge in [-0.1, -0.05) is 0 Å². The average molecular weight is 367 g/mol. The average Bonchev–Trinajstić information content (AvgIpc) is 3.13. The molecule has 18 heavy (non-hydrogen) atoms. The Morgan fingerprint density at radius 1 is 1.17 bits per heavy atom. The van der Waals surface area contributed by atoms with E-state index in [4.69, 9.17) is 0 Å². The zero-order chi connectivity index (χ0) is 12.1. The molecule has 4 nitrogen and oxygen atoms in total. The molecular weight excluding hydrogens is 341 g/mol. The monoisotopic (exact) mass is 367 g/mol. The second kappa shape index (κ2) is 8.19. The summed E-state index contributed by atoms with van der Waals surface area (Å²) in [4.78, 5) is 4.62. The third-order valence-corrected chi connectivity index (χ3v) is 3.59. The highest BCUT2D eigenvalue weighted by molar-refractivity contribution is 14.0. The molecule has 3 N–H and O–H groups in total. The van der Waals surface area contributed by atoms with E-state index in [0.717, 1.165) is 50.7 Å². The first kappa shape index (κ1) is 16.0. The number of nitrogens with one attached hydrogen (secondary N) is 2. The normalized spacial score (nSPS) is 28.4. The third kappa shape index (κ3) is 5.73. The summed E-state index contributed by atoms with van der Waals surface area (Å²) in [6.07, 6.45) is 6.54. The number of hydrogen-bond acceptors (Lipinski definition) is 2. The van der Waals surface area contributed by atoms with E-state index in [1.165, 1.54) is 12.8 Å². The molecule has 0 aromatic heterocycles. The van der Waals surface area contributed by atoms with Crippen molar-refractivity contribution in [3.05, 3.63) is 0 Å². The van der Waals surface area contributed by atoms with Gasteiger partial charge in [0.1, 0.15) is 0 Å². The molecule has 5 heteroatoms. The summed E-state index contributed by atoms with van der Waals surface area (Å²) in [5.41, 5.74) is 0. The number of rotatable bonds is 4. The van der Waals surface area contributed by atoms with Crippen LogP contribution in [0.5, 0.6) is 0 Å². The van der Waals surface area contributed by atoms with E-state index < -0.39 is 0 Å². The Hall–Kier alpha value is -0.0400. The predicted molar refractivity (Wildman–Crippen MR) is 85.5 cm³/mol. The number of nitrogens with zero attached hydrogens (tertiary/aromatic N) is 1. The molecule has 106 valence electrons. The smallest absolute Gasteiger partial charge is 0.191 e. The Kier molecular flexibility index (Phi) is 7.29. The molecule has 0 radical (unpaired) electrons. The number of hydrogen-bond donors (Lipinski definition) is 3. The van der Waals surface area contributed by atoms with E-state index in [1.54, 1.807) is 0 Å². The van der Waals surface area contributed by atoms with Crippen molar-refractivity contribution in [3.63, 3.8) is 0 Å². The molecule has 2 aliphatic carbocycles. The highest BCUT2D eigenvalue weighted by atomic mass is 127. The number of guanidine groups is 1. The van der Waals surface area contributed by atoms with Crippen LogP contribution in [-0.4, -0.2) is 36.3 Å². The van der Waals surface area contributed by atoms with Crippen molar-refractivity contribution in [2.75, 3.05) is 13.1 Å². The van der Waals surface area contributed by atoms with Gasteiger partial charge in [-0.15, -0.1) is 24.0 Å². The molecule has 0 unspecified atom stereocenters. The first-order valence-electron chi connectivity index (χ1n) is 7.01. The van der Waals surface area contributed by atoms with Crippen LogP contribution in [0.1, 0.15) is 45.4 Å². The number of aliphatic hydroxyl groups is 1. The first-order valence-corrected chi connectivity index (χ1v) is 7.01. The lowest BCUT2D eigenvalue weighted by Gasteiger charge is -2.27. The molecule has 2 rings (SSSR count). The largest absolute Gasteiger partial charge is 0.393 e. The molecule has 0 saturated heterocycles. The molecule has 0 aromatic rings. The first-order chi connectivity index (χ1) is 8.28. The summed E-state index contributed by atoms with van der Waals surface area (Å²) in [6.45, 7) is 3.97. The van der Waals surface area contributed by atoms with E-state index in [-0.39, 0.29) is 30.1 Å². The highest BCUT2D eigenvalue weighted by Gasteiger charge is 2.22. The maximum absolute atomic E-state index is 9.48. The fourth-order valence-corrected chi connectivity index (χ4v) is 2.25. The van der Waals surface area contributed by atoms with Crippen molar-refractivity contribution < 1.29 is 5.11 Å². The molecule has 0 heterocycles. The molecule has 2 aliphatic rings. The maximum atomic E-state index is 9.48. The van der Waals surface area contributed by atoms with Gasteiger partial charge in [0.2, 0.25) is 0 Å². The van der Waals surface area contributed by atoms with Gasteiger partial charge in [0.15, 0.2) is 5.96 Å². The molecule has 2 fully saturated rings. The van der Waals surface area contributed by atoms with Crippen LogP contribution < -0.4 is 10.6 Å². The summed E-state index contributed by atoms with van der Waals surface area (Å²) in [5.74, 6) is 1.79. The predicted octanol–water partition coefficient (Wildman–Crippen LogP) is 1.87. The van der Waals surface area contributed by atoms with Crippen molar-refractivity contribution in [1.29, 1.82) is 0 Å². The van der Waals surface area contributed by atoms with Crippen molar-refractivity contribution >= 4 is 29.9 Å². The lowest BCUT2D eigenvalue weighted by Crippen LogP contribution is -2.45. The Morgan fingerprint density at radius 2 is 1.83 bits per heavy atom. The minimum atomic E-state index is -0.0842. The Morgan fingerprint density at radius 3 is 2.39 bits per heavy atom. The van der Waals surface area contributed by atoms with Gasteiger partial charge < -0.3 is 15.7 Å². The zero-order valence-electron chi connectivity index (χ0n) is 11.2. The highest BCUT2D eigenvalue weighted by Crippen LogP contribution is 2.28. The van der Waals surface area contributed by atoms with Crippen LogP contribution in [0.15, 0.2) is 4.99 Å². The van der Waals surface area contributed by atoms with Gasteiger partial charge in [0, 0.05) is 19.1 Å². The zero-order valence-corrected chi connectivity index (χ0v) is 13.5. The lowest BCUT2D eigenvalue weighted by atomic mass is 9.93. The fourth-order valence-electron chi connectivity index (χ4n) is 2.25. The van der Waals surface area contributed by atoms with Crippen molar-refractivity contribution in [2.24, 2.45) is 10.9 Å². The second-order valence-corrected chi connectivity index (χ2v) is 5.31. The number of halogens is 1. The van der Waals surface area contributed by atoms with E-state index in [2.05, 4.69) is 22.5 Å². The summed E-state index contributed by atoms with van der Waals surface area (Å²) in [5, 5.41) is 16.3. The topological polar surface area (TPSA) is 56.7 Å². The van der Waals surface area contributed by atoms with Gasteiger partial charge in [-0.25, -0.2) is 0 Å². The molecular formula is C13H26IN3O. The van der Waals surface area contributed by atoms with E-state index in [9.17, 15) is 5.11 Å². The summed E-state index contributed by atoms with van der Waals surface area (Å²) in [7, 11) is 0. The van der Waals surface area contributed by atoms with Gasteiger partial charge >= 0.3 is 0 Å². The van der Waals surface area contributed by atoms with Crippen LogP contribution >= 0.6 is 24.0 Å². The van der Waals surface area contributed by atoms with E-state index in [0.29, 0.717) is 6.04 Å². The Labute approximate surface area is 127 Å². The molecule has 2 saturated carbocycles. The van der Waals surface area contributed by atoms with Crippen molar-refractivity contribution in [2.45, 2.75) is 57.6 Å². The molecule has 0 aliphatic heterocycles. The van der Waals surface area contributed by atoms with Gasteiger partial charge in [0.25, 0.3) is 0 Å². The minimum absolute atomic E-state index is 0. The van der Waals surface area contributed by atoms with Crippen molar-refractivity contribution in [1.82, 2.24) is 10.6 Å². The SMILES string of the molecule is CCNC(=NCC1CC1)NC1CCC(O)CC1.I. The maximum Gasteiger partial charge on any atom is 0.191 e. The molecule has 0 aromatic carbocycles. The molecule has 0 bridgehead atoms. The van der Waals surface area contributed by atoms with Crippen LogP contribution in [0.4, 0.5) is 0 Å². The Balaban J connectivity index is 0.00000162. The van der Waals surface area contributed by atoms with E-state index in [1.807, 2.05) is 0 Å². The van der Waals surface area contributed by atoms with Gasteiger partial charge in [-0.3, -0.25) is 4.99 Å². The van der Waals surface area contributed by atoms with Gasteiger partial charge in [-0.2, -0.15) is 0 Å². The van der Waals surface area contributed by atoms with Crippen molar-refractivity contribution in [3.8, 4) is 0 Å². The molecule has 0 amide bonds. The Bertz CT molecular complexity index is 261. The lowest BCUT2D eigenvalue weighted by molar-refractivity contribution is 0.120. The number of aliphatic imine (C=N–C) groups is 1.